The molecular weight excluding hydrogens is 472 g/mol. The standard InChI is InChI=1S/C26H38N8O3/c1-17-15-36-12-11-33(17)23-30-20(18-13-28-22(27)29-14-18)19-7-10-34(21(19)31-23)26(5)8-6-9-32(16-26)24(35)37-25(2,3)4/h13-14,17H,6-12,15-16H2,1-5H3,(H2,27,28,29)/t17-,26?/m0/s1. The summed E-state index contributed by atoms with van der Waals surface area (Å²) in [6.45, 7) is 14.1. The summed E-state index contributed by atoms with van der Waals surface area (Å²) in [6.07, 6.45) is 5.86. The first-order chi connectivity index (χ1) is 17.5. The van der Waals surface area contributed by atoms with E-state index in [0.29, 0.717) is 32.3 Å². The Morgan fingerprint density at radius 1 is 1.19 bits per heavy atom. The van der Waals surface area contributed by atoms with Crippen LogP contribution in [0.4, 0.5) is 22.5 Å². The van der Waals surface area contributed by atoms with E-state index in [0.717, 1.165) is 55.0 Å². The quantitative estimate of drug-likeness (QED) is 0.659. The first kappa shape index (κ1) is 25.4. The monoisotopic (exact) mass is 510 g/mol. The number of amides is 1. The Balaban J connectivity index is 1.53. The molecule has 5 rings (SSSR count). The highest BCUT2D eigenvalue weighted by Crippen LogP contribution is 2.41. The van der Waals surface area contributed by atoms with E-state index in [1.54, 1.807) is 12.4 Å². The maximum absolute atomic E-state index is 12.9. The number of likely N-dealkylation sites (tertiary alicyclic amines) is 1. The molecule has 2 aromatic rings. The highest BCUT2D eigenvalue weighted by Gasteiger charge is 2.43. The van der Waals surface area contributed by atoms with Gasteiger partial charge in [0.05, 0.1) is 30.5 Å². The summed E-state index contributed by atoms with van der Waals surface area (Å²) in [4.78, 5) is 38.0. The molecule has 2 N–H and O–H groups in total. The molecule has 1 amide bonds. The number of carbonyl (C=O) groups is 1. The molecule has 1 unspecified atom stereocenters. The van der Waals surface area contributed by atoms with Crippen LogP contribution in [0.1, 0.15) is 53.0 Å². The van der Waals surface area contributed by atoms with Gasteiger partial charge in [-0.3, -0.25) is 0 Å². The molecule has 200 valence electrons. The second kappa shape index (κ2) is 9.59. The first-order valence-electron chi connectivity index (χ1n) is 13.1. The van der Waals surface area contributed by atoms with E-state index in [2.05, 4.69) is 33.6 Å². The van der Waals surface area contributed by atoms with Crippen molar-refractivity contribution in [3.63, 3.8) is 0 Å². The molecule has 2 atom stereocenters. The summed E-state index contributed by atoms with van der Waals surface area (Å²) in [7, 11) is 0. The van der Waals surface area contributed by atoms with Crippen molar-refractivity contribution in [2.75, 3.05) is 54.9 Å². The predicted molar refractivity (Wildman–Crippen MR) is 142 cm³/mol. The molecule has 3 aliphatic heterocycles. The molecule has 0 bridgehead atoms. The fourth-order valence-corrected chi connectivity index (χ4v) is 5.54. The molecule has 2 saturated heterocycles. The van der Waals surface area contributed by atoms with E-state index in [1.165, 1.54) is 0 Å². The van der Waals surface area contributed by atoms with Crippen LogP contribution in [0.2, 0.25) is 0 Å². The highest BCUT2D eigenvalue weighted by molar-refractivity contribution is 5.74. The van der Waals surface area contributed by atoms with E-state index < -0.39 is 5.60 Å². The van der Waals surface area contributed by atoms with Crippen LogP contribution >= 0.6 is 0 Å². The highest BCUT2D eigenvalue weighted by atomic mass is 16.6. The molecule has 2 aromatic heterocycles. The number of hydrogen-bond donors (Lipinski definition) is 1. The lowest BCUT2D eigenvalue weighted by Crippen LogP contribution is -2.58. The van der Waals surface area contributed by atoms with Crippen molar-refractivity contribution in [3.8, 4) is 11.3 Å². The Kier molecular flexibility index (Phi) is 6.59. The first-order valence-corrected chi connectivity index (χ1v) is 13.1. The number of hydrogen-bond acceptors (Lipinski definition) is 10. The van der Waals surface area contributed by atoms with Gasteiger partial charge in [0.2, 0.25) is 11.9 Å². The van der Waals surface area contributed by atoms with Crippen molar-refractivity contribution >= 4 is 23.8 Å². The third-order valence-electron chi connectivity index (χ3n) is 7.36. The van der Waals surface area contributed by atoms with Gasteiger partial charge in [-0.15, -0.1) is 0 Å². The maximum atomic E-state index is 12.9. The Bertz CT molecular complexity index is 1150. The van der Waals surface area contributed by atoms with E-state index in [1.807, 2.05) is 25.7 Å². The van der Waals surface area contributed by atoms with Gasteiger partial charge in [-0.2, -0.15) is 4.98 Å². The third-order valence-corrected chi connectivity index (χ3v) is 7.36. The Labute approximate surface area is 218 Å². The Hall–Kier alpha value is -3.21. The van der Waals surface area contributed by atoms with Gasteiger partial charge in [-0.05, 0) is 53.9 Å². The number of ether oxygens (including phenoxy) is 2. The van der Waals surface area contributed by atoms with E-state index in [9.17, 15) is 4.79 Å². The summed E-state index contributed by atoms with van der Waals surface area (Å²) < 4.78 is 11.4. The van der Waals surface area contributed by atoms with Crippen LogP contribution in [0.3, 0.4) is 0 Å². The number of nitrogen functional groups attached to an aromatic ring is 1. The third kappa shape index (κ3) is 5.14. The normalized spacial score (nSPS) is 24.2. The van der Waals surface area contributed by atoms with Gasteiger partial charge in [0.25, 0.3) is 0 Å². The average molecular weight is 511 g/mol. The number of nitrogens with two attached hydrogens (primary N) is 1. The molecule has 3 aliphatic rings. The number of nitrogens with zero attached hydrogens (tertiary/aromatic N) is 7. The minimum atomic E-state index is -0.530. The molecule has 11 nitrogen and oxygen atoms in total. The van der Waals surface area contributed by atoms with Gasteiger partial charge >= 0.3 is 6.09 Å². The minimum Gasteiger partial charge on any atom is -0.444 e. The fourth-order valence-electron chi connectivity index (χ4n) is 5.54. The molecule has 0 saturated carbocycles. The number of aromatic nitrogens is 4. The SMILES string of the molecule is C[C@H]1COCCN1c1nc(-c2cnc(N)nc2)c2c(n1)N(C1(C)CCCN(C(=O)OC(C)(C)C)C1)CC2. The summed E-state index contributed by atoms with van der Waals surface area (Å²) in [5.74, 6) is 1.83. The van der Waals surface area contributed by atoms with Crippen LogP contribution in [0.5, 0.6) is 0 Å². The maximum Gasteiger partial charge on any atom is 0.410 e. The van der Waals surface area contributed by atoms with Crippen molar-refractivity contribution in [2.45, 2.75) is 71.1 Å². The molecule has 0 aromatic carbocycles. The number of carbonyl (C=O) groups excluding carboxylic acids is 1. The number of rotatable bonds is 3. The summed E-state index contributed by atoms with van der Waals surface area (Å²) >= 11 is 0. The van der Waals surface area contributed by atoms with Crippen LogP contribution in [-0.2, 0) is 15.9 Å². The topological polar surface area (TPSA) is 123 Å². The van der Waals surface area contributed by atoms with Crippen LogP contribution in [0.25, 0.3) is 11.3 Å². The minimum absolute atomic E-state index is 0.157. The van der Waals surface area contributed by atoms with Crippen molar-refractivity contribution in [2.24, 2.45) is 0 Å². The number of anilines is 3. The lowest BCUT2D eigenvalue weighted by Gasteiger charge is -2.47. The van der Waals surface area contributed by atoms with Crippen LogP contribution in [0.15, 0.2) is 12.4 Å². The van der Waals surface area contributed by atoms with E-state index >= 15 is 0 Å². The molecular formula is C26H38N8O3. The summed E-state index contributed by atoms with van der Waals surface area (Å²) in [6, 6.07) is 0.157. The van der Waals surface area contributed by atoms with Crippen molar-refractivity contribution < 1.29 is 14.3 Å². The number of morpholine rings is 1. The van der Waals surface area contributed by atoms with Gasteiger partial charge in [-0.25, -0.2) is 19.7 Å². The molecule has 2 fully saturated rings. The second-order valence-corrected chi connectivity index (χ2v) is 11.5. The molecule has 0 radical (unpaired) electrons. The van der Waals surface area contributed by atoms with E-state index in [4.69, 9.17) is 25.2 Å². The summed E-state index contributed by atoms with van der Waals surface area (Å²) in [5.41, 5.74) is 7.69. The largest absolute Gasteiger partial charge is 0.444 e. The van der Waals surface area contributed by atoms with E-state index in [-0.39, 0.29) is 23.6 Å². The number of piperidine rings is 1. The van der Waals surface area contributed by atoms with Gasteiger partial charge in [0, 0.05) is 49.7 Å². The van der Waals surface area contributed by atoms with Gasteiger partial charge in [-0.1, -0.05) is 0 Å². The van der Waals surface area contributed by atoms with Crippen LogP contribution < -0.4 is 15.5 Å². The second-order valence-electron chi connectivity index (χ2n) is 11.5. The molecule has 11 heteroatoms. The average Bonchev–Trinajstić information content (AvgIpc) is 3.28. The predicted octanol–water partition coefficient (Wildman–Crippen LogP) is 2.89. The van der Waals surface area contributed by atoms with Crippen molar-refractivity contribution in [3.05, 3.63) is 18.0 Å². The zero-order chi connectivity index (χ0) is 26.4. The molecule has 5 heterocycles. The zero-order valence-electron chi connectivity index (χ0n) is 22.5. The van der Waals surface area contributed by atoms with Gasteiger partial charge in [0.1, 0.15) is 11.4 Å². The van der Waals surface area contributed by atoms with Crippen LogP contribution in [0, 0.1) is 0 Å². The lowest BCUT2D eigenvalue weighted by atomic mass is 9.89. The summed E-state index contributed by atoms with van der Waals surface area (Å²) in [5, 5.41) is 0. The van der Waals surface area contributed by atoms with Gasteiger partial charge in [0.15, 0.2) is 0 Å². The molecule has 0 aliphatic carbocycles. The van der Waals surface area contributed by atoms with Gasteiger partial charge < -0.3 is 29.9 Å². The Morgan fingerprint density at radius 3 is 2.65 bits per heavy atom. The van der Waals surface area contributed by atoms with Crippen molar-refractivity contribution in [1.82, 2.24) is 24.8 Å². The van der Waals surface area contributed by atoms with Crippen LogP contribution in [-0.4, -0.2) is 87.5 Å². The lowest BCUT2D eigenvalue weighted by molar-refractivity contribution is 0.0147. The zero-order valence-corrected chi connectivity index (χ0v) is 22.5. The molecule has 37 heavy (non-hydrogen) atoms. The van der Waals surface area contributed by atoms with Crippen molar-refractivity contribution in [1.29, 1.82) is 0 Å². The number of fused-ring (bicyclic) bond motifs is 1. The Morgan fingerprint density at radius 2 is 1.95 bits per heavy atom. The smallest absolute Gasteiger partial charge is 0.410 e. The fraction of sp³-hybridized carbons (Fsp3) is 0.654. The molecule has 0 spiro atoms.